The minimum atomic E-state index is -3.53. The largest absolute Gasteiger partial charge is 0.343 e. The number of aromatic nitrogens is 3. The minimum Gasteiger partial charge on any atom is -0.343 e. The summed E-state index contributed by atoms with van der Waals surface area (Å²) in [4.78, 5) is 8.47. The highest BCUT2D eigenvalue weighted by atomic mass is 32.2. The Labute approximate surface area is 145 Å². The van der Waals surface area contributed by atoms with Gasteiger partial charge in [-0.3, -0.25) is 9.97 Å². The van der Waals surface area contributed by atoms with E-state index < -0.39 is 9.84 Å². The van der Waals surface area contributed by atoms with Crippen LogP contribution in [0.4, 0.5) is 0 Å². The lowest BCUT2D eigenvalue weighted by molar-refractivity contribution is 0.595. The molecule has 0 aliphatic heterocycles. The number of hydrogen-bond acceptors (Lipinski definition) is 4. The van der Waals surface area contributed by atoms with Crippen LogP contribution >= 0.6 is 0 Å². The van der Waals surface area contributed by atoms with Gasteiger partial charge < -0.3 is 4.57 Å². The molecule has 0 aliphatic rings. The molecule has 0 spiro atoms. The average Bonchev–Trinajstić information content (AvgIpc) is 3.06. The van der Waals surface area contributed by atoms with E-state index in [0.29, 0.717) is 6.54 Å². The van der Waals surface area contributed by atoms with E-state index in [1.165, 1.54) is 6.20 Å². The molecule has 6 heteroatoms. The van der Waals surface area contributed by atoms with E-state index in [1.807, 2.05) is 36.7 Å². The van der Waals surface area contributed by atoms with E-state index in [-0.39, 0.29) is 9.79 Å². The number of hydrogen-bond donors (Lipinski definition) is 0. The Hall–Kier alpha value is -2.99. The molecule has 4 aromatic rings. The fraction of sp³-hybridized carbons (Fsp3) is 0.0526. The molecule has 3 heterocycles. The Morgan fingerprint density at radius 3 is 2.40 bits per heavy atom. The molecule has 0 saturated heterocycles. The summed E-state index contributed by atoms with van der Waals surface area (Å²) in [7, 11) is -3.53. The van der Waals surface area contributed by atoms with E-state index in [0.717, 1.165) is 16.5 Å². The number of nitrogens with zero attached hydrogens (tertiary/aromatic N) is 3. The highest BCUT2D eigenvalue weighted by Crippen LogP contribution is 2.21. The molecule has 0 radical (unpaired) electrons. The molecule has 0 unspecified atom stereocenters. The van der Waals surface area contributed by atoms with E-state index in [9.17, 15) is 8.42 Å². The van der Waals surface area contributed by atoms with Crippen LogP contribution in [0.2, 0.25) is 0 Å². The Balaban J connectivity index is 1.62. The summed E-state index contributed by atoms with van der Waals surface area (Å²) >= 11 is 0. The normalized spacial score (nSPS) is 11.7. The zero-order chi connectivity index (χ0) is 17.3. The topological polar surface area (TPSA) is 64.8 Å². The molecule has 0 bridgehead atoms. The highest BCUT2D eigenvalue weighted by Gasteiger charge is 2.17. The van der Waals surface area contributed by atoms with Gasteiger partial charge in [-0.15, -0.1) is 0 Å². The van der Waals surface area contributed by atoms with Gasteiger partial charge in [0.2, 0.25) is 9.84 Å². The second kappa shape index (κ2) is 6.14. The maximum atomic E-state index is 12.6. The van der Waals surface area contributed by atoms with Gasteiger partial charge in [0.15, 0.2) is 0 Å². The first-order valence-electron chi connectivity index (χ1n) is 7.77. The zero-order valence-corrected chi connectivity index (χ0v) is 14.1. The predicted molar refractivity (Wildman–Crippen MR) is 95.0 cm³/mol. The molecule has 0 amide bonds. The summed E-state index contributed by atoms with van der Waals surface area (Å²) in [6.07, 6.45) is 8.52. The average molecular weight is 349 g/mol. The van der Waals surface area contributed by atoms with Gasteiger partial charge in [0, 0.05) is 42.9 Å². The van der Waals surface area contributed by atoms with Gasteiger partial charge in [0.25, 0.3) is 0 Å². The second-order valence-corrected chi connectivity index (χ2v) is 7.66. The highest BCUT2D eigenvalue weighted by molar-refractivity contribution is 7.91. The molecule has 4 rings (SSSR count). The van der Waals surface area contributed by atoms with Crippen molar-refractivity contribution < 1.29 is 8.42 Å². The van der Waals surface area contributed by atoms with Crippen molar-refractivity contribution in [3.05, 3.63) is 85.1 Å². The molecule has 0 N–H and O–H groups in total. The minimum absolute atomic E-state index is 0.201. The van der Waals surface area contributed by atoms with Crippen LogP contribution in [0.3, 0.4) is 0 Å². The first-order chi connectivity index (χ1) is 12.1. The molecule has 3 aromatic heterocycles. The number of sulfone groups is 1. The van der Waals surface area contributed by atoms with Gasteiger partial charge in [-0.2, -0.15) is 0 Å². The molecule has 5 nitrogen and oxygen atoms in total. The lowest BCUT2D eigenvalue weighted by Gasteiger charge is -2.08. The van der Waals surface area contributed by atoms with Gasteiger partial charge in [0.1, 0.15) is 0 Å². The third kappa shape index (κ3) is 2.92. The number of benzene rings is 1. The fourth-order valence-electron chi connectivity index (χ4n) is 2.79. The van der Waals surface area contributed by atoms with Crippen molar-refractivity contribution in [1.29, 1.82) is 0 Å². The SMILES string of the molecule is O=S(=O)(c1ccc(Cn2ccc3cnccc32)cc1)c1cccnc1. The molecule has 25 heavy (non-hydrogen) atoms. The van der Waals surface area contributed by atoms with Crippen LogP contribution in [0.15, 0.2) is 89.3 Å². The summed E-state index contributed by atoms with van der Waals surface area (Å²) in [6.45, 7) is 0.667. The van der Waals surface area contributed by atoms with Crippen LogP contribution in [-0.4, -0.2) is 23.0 Å². The summed E-state index contributed by atoms with van der Waals surface area (Å²) < 4.78 is 27.3. The monoisotopic (exact) mass is 349 g/mol. The van der Waals surface area contributed by atoms with Gasteiger partial charge >= 0.3 is 0 Å². The van der Waals surface area contributed by atoms with Gasteiger partial charge in [-0.1, -0.05) is 12.1 Å². The molecule has 0 saturated carbocycles. The number of pyridine rings is 2. The lowest BCUT2D eigenvalue weighted by Crippen LogP contribution is -2.03. The Bertz CT molecular complexity index is 1120. The van der Waals surface area contributed by atoms with Gasteiger partial charge in [0.05, 0.1) is 15.3 Å². The molecule has 0 fully saturated rings. The standard InChI is InChI=1S/C19H15N3O2S/c23-25(24,18-2-1-9-20-13-18)17-5-3-15(4-6-17)14-22-11-8-16-12-21-10-7-19(16)22/h1-13H,14H2. The van der Waals surface area contributed by atoms with Gasteiger partial charge in [-0.25, -0.2) is 8.42 Å². The number of rotatable bonds is 4. The third-order valence-electron chi connectivity index (χ3n) is 4.10. The van der Waals surface area contributed by atoms with Crippen LogP contribution in [0, 0.1) is 0 Å². The van der Waals surface area contributed by atoms with Crippen LogP contribution in [0.5, 0.6) is 0 Å². The van der Waals surface area contributed by atoms with Crippen LogP contribution in [0.25, 0.3) is 10.9 Å². The van der Waals surface area contributed by atoms with Crippen molar-refractivity contribution in [2.45, 2.75) is 16.3 Å². The van der Waals surface area contributed by atoms with E-state index >= 15 is 0 Å². The maximum Gasteiger partial charge on any atom is 0.208 e. The van der Waals surface area contributed by atoms with Crippen molar-refractivity contribution in [2.24, 2.45) is 0 Å². The maximum absolute atomic E-state index is 12.6. The first-order valence-corrected chi connectivity index (χ1v) is 9.26. The Kier molecular flexibility index (Phi) is 3.82. The van der Waals surface area contributed by atoms with E-state index in [4.69, 9.17) is 0 Å². The first kappa shape index (κ1) is 15.5. The van der Waals surface area contributed by atoms with Crippen molar-refractivity contribution in [2.75, 3.05) is 0 Å². The smallest absolute Gasteiger partial charge is 0.208 e. The van der Waals surface area contributed by atoms with Crippen LogP contribution in [0.1, 0.15) is 5.56 Å². The lowest BCUT2D eigenvalue weighted by atomic mass is 10.2. The summed E-state index contributed by atoms with van der Waals surface area (Å²) in [5.74, 6) is 0. The van der Waals surface area contributed by atoms with Crippen LogP contribution < -0.4 is 0 Å². The summed E-state index contributed by atoms with van der Waals surface area (Å²) in [6, 6.07) is 14.1. The molecular weight excluding hydrogens is 334 g/mol. The zero-order valence-electron chi connectivity index (χ0n) is 13.3. The summed E-state index contributed by atoms with van der Waals surface area (Å²) in [5.41, 5.74) is 2.13. The van der Waals surface area contributed by atoms with Crippen molar-refractivity contribution in [1.82, 2.24) is 14.5 Å². The molecule has 124 valence electrons. The van der Waals surface area contributed by atoms with Crippen molar-refractivity contribution in [3.63, 3.8) is 0 Å². The molecule has 1 aromatic carbocycles. The molecule has 0 atom stereocenters. The summed E-state index contributed by atoms with van der Waals surface area (Å²) in [5, 5.41) is 1.08. The van der Waals surface area contributed by atoms with Crippen molar-refractivity contribution >= 4 is 20.7 Å². The van der Waals surface area contributed by atoms with Crippen LogP contribution in [-0.2, 0) is 16.4 Å². The predicted octanol–water partition coefficient (Wildman–Crippen LogP) is 3.31. The molecule has 0 aliphatic carbocycles. The molecular formula is C19H15N3O2S. The van der Waals surface area contributed by atoms with Crippen molar-refractivity contribution in [3.8, 4) is 0 Å². The third-order valence-corrected chi connectivity index (χ3v) is 5.86. The Morgan fingerprint density at radius 2 is 1.64 bits per heavy atom. The van der Waals surface area contributed by atoms with E-state index in [1.54, 1.807) is 36.7 Å². The number of fused-ring (bicyclic) bond motifs is 1. The van der Waals surface area contributed by atoms with E-state index in [2.05, 4.69) is 14.5 Å². The Morgan fingerprint density at radius 1 is 0.840 bits per heavy atom. The quantitative estimate of drug-likeness (QED) is 0.567. The van der Waals surface area contributed by atoms with Gasteiger partial charge in [-0.05, 0) is 42.0 Å². The fourth-order valence-corrected chi connectivity index (χ4v) is 4.01. The second-order valence-electron chi connectivity index (χ2n) is 5.71.